The molecule has 0 aliphatic rings. The second-order valence-electron chi connectivity index (χ2n) is 17.6. The molecular formula is C50H58N4O2. The van der Waals surface area contributed by atoms with Crippen LogP contribution in [0.4, 0.5) is 11.4 Å². The molecule has 290 valence electrons. The summed E-state index contributed by atoms with van der Waals surface area (Å²) in [5, 5.41) is 27.5. The maximum absolute atomic E-state index is 11.5. The van der Waals surface area contributed by atoms with Crippen molar-refractivity contribution in [1.29, 1.82) is 0 Å². The molecule has 2 N–H and O–H groups in total. The fourth-order valence-electron chi connectivity index (χ4n) is 8.24. The third-order valence-corrected chi connectivity index (χ3v) is 11.6. The Morgan fingerprint density at radius 3 is 1.30 bits per heavy atom. The quantitative estimate of drug-likeness (QED) is 0.137. The van der Waals surface area contributed by atoms with E-state index in [1.807, 2.05) is 36.4 Å². The van der Waals surface area contributed by atoms with Gasteiger partial charge in [-0.2, -0.15) is 0 Å². The normalized spacial score (nSPS) is 12.9. The molecule has 6 nitrogen and oxygen atoms in total. The Morgan fingerprint density at radius 2 is 0.946 bits per heavy atom. The van der Waals surface area contributed by atoms with Crippen LogP contribution in [0.2, 0.25) is 0 Å². The molecule has 7 aromatic rings. The number of hydrogen-bond acceptors (Lipinski definition) is 4. The molecule has 0 aliphatic heterocycles. The minimum absolute atomic E-state index is 0.0148. The number of phenolic OH excluding ortho intramolecular Hbond substituents is 2. The van der Waals surface area contributed by atoms with E-state index in [2.05, 4.69) is 115 Å². The standard InChI is InChI=1S/C50H58N4O2/c1-11-13-23-53-43-21-19-33(49(5,6)7)25-35(43)37-27-45(55)39(31(3)47(37)53)29-51-41-17-15-16-18-42(41)52-30-40-32(4)48-38(28-46(40)56)36-26-34(50(8,9)10)20-22-44(36)54(48)24-14-12-2/h15-22,25-30,55-56H,11-14,23-24H2,1-10H3. The van der Waals surface area contributed by atoms with Crippen LogP contribution in [-0.2, 0) is 23.9 Å². The largest absolute Gasteiger partial charge is 0.507 e. The Balaban J connectivity index is 1.30. The highest BCUT2D eigenvalue weighted by molar-refractivity contribution is 6.13. The molecule has 0 fully saturated rings. The van der Waals surface area contributed by atoms with E-state index in [0.717, 1.165) is 71.7 Å². The number of unbranched alkanes of at least 4 members (excludes halogenated alkanes) is 2. The summed E-state index contributed by atoms with van der Waals surface area (Å²) >= 11 is 0. The van der Waals surface area contributed by atoms with Gasteiger partial charge in [0, 0.05) is 69.2 Å². The van der Waals surface area contributed by atoms with Gasteiger partial charge in [-0.1, -0.05) is 92.5 Å². The first-order chi connectivity index (χ1) is 26.6. The lowest BCUT2D eigenvalue weighted by Gasteiger charge is -2.19. The van der Waals surface area contributed by atoms with Crippen LogP contribution in [0.15, 0.2) is 82.8 Å². The SMILES string of the molecule is CCCCn1c2ccc(C(C)(C)C)cc2c2cc(O)c(C=Nc3ccccc3N=Cc3c(O)cc4c5cc(C(C)(C)C)ccc5n(CCCC)c4c3C)c(C)c21. The molecule has 5 aromatic carbocycles. The summed E-state index contributed by atoms with van der Waals surface area (Å²) in [6.45, 7) is 23.9. The van der Waals surface area contributed by atoms with Crippen molar-refractivity contribution < 1.29 is 10.2 Å². The van der Waals surface area contributed by atoms with E-state index in [1.54, 1.807) is 12.4 Å². The number of phenols is 2. The number of benzene rings is 5. The van der Waals surface area contributed by atoms with Crippen LogP contribution < -0.4 is 0 Å². The molecule has 0 bridgehead atoms. The molecule has 0 unspecified atom stereocenters. The monoisotopic (exact) mass is 746 g/mol. The Morgan fingerprint density at radius 1 is 0.554 bits per heavy atom. The number of rotatable bonds is 10. The van der Waals surface area contributed by atoms with Gasteiger partial charge in [-0.3, -0.25) is 9.98 Å². The predicted octanol–water partition coefficient (Wildman–Crippen LogP) is 13.6. The van der Waals surface area contributed by atoms with E-state index in [0.29, 0.717) is 22.5 Å². The second kappa shape index (κ2) is 14.9. The van der Waals surface area contributed by atoms with E-state index in [-0.39, 0.29) is 22.3 Å². The molecule has 2 heterocycles. The number of para-hydroxylation sites is 2. The van der Waals surface area contributed by atoms with Crippen molar-refractivity contribution in [2.24, 2.45) is 9.98 Å². The minimum atomic E-state index is 0.0148. The van der Waals surface area contributed by atoms with Crippen molar-refractivity contribution in [3.8, 4) is 11.5 Å². The van der Waals surface area contributed by atoms with Gasteiger partial charge in [0.1, 0.15) is 11.5 Å². The lowest BCUT2D eigenvalue weighted by molar-refractivity contribution is 0.474. The lowest BCUT2D eigenvalue weighted by atomic mass is 9.86. The molecule has 2 aromatic heterocycles. The molecular weight excluding hydrogens is 689 g/mol. The average Bonchev–Trinajstić information content (AvgIpc) is 3.63. The molecule has 6 heteroatoms. The second-order valence-corrected chi connectivity index (χ2v) is 17.6. The Labute approximate surface area is 332 Å². The van der Waals surface area contributed by atoms with Crippen LogP contribution in [0.5, 0.6) is 11.5 Å². The number of nitrogens with zero attached hydrogens (tertiary/aromatic N) is 4. The first-order valence-electron chi connectivity index (χ1n) is 20.4. The molecule has 0 aliphatic carbocycles. The van der Waals surface area contributed by atoms with Gasteiger partial charge in [0.15, 0.2) is 0 Å². The smallest absolute Gasteiger partial charge is 0.125 e. The first-order valence-corrected chi connectivity index (χ1v) is 20.4. The summed E-state index contributed by atoms with van der Waals surface area (Å²) < 4.78 is 4.84. The van der Waals surface area contributed by atoms with Gasteiger partial charge in [0.2, 0.25) is 0 Å². The highest BCUT2D eigenvalue weighted by Crippen LogP contribution is 2.41. The number of fused-ring (bicyclic) bond motifs is 6. The number of aromatic hydroxyl groups is 2. The minimum Gasteiger partial charge on any atom is -0.507 e. The van der Waals surface area contributed by atoms with E-state index in [1.165, 1.54) is 32.9 Å². The van der Waals surface area contributed by atoms with E-state index in [9.17, 15) is 10.2 Å². The van der Waals surface area contributed by atoms with Crippen molar-refractivity contribution in [2.45, 2.75) is 119 Å². The van der Waals surface area contributed by atoms with E-state index < -0.39 is 0 Å². The van der Waals surface area contributed by atoms with Crippen molar-refractivity contribution in [3.05, 3.63) is 106 Å². The summed E-state index contributed by atoms with van der Waals surface area (Å²) in [6.07, 6.45) is 7.86. The van der Waals surface area contributed by atoms with E-state index in [4.69, 9.17) is 9.98 Å². The molecule has 56 heavy (non-hydrogen) atoms. The van der Waals surface area contributed by atoms with Crippen molar-refractivity contribution >= 4 is 67.4 Å². The number of aryl methyl sites for hydroxylation is 4. The Kier molecular flexibility index (Phi) is 10.4. The van der Waals surface area contributed by atoms with Gasteiger partial charge >= 0.3 is 0 Å². The third-order valence-electron chi connectivity index (χ3n) is 11.6. The molecule has 0 amide bonds. The fourth-order valence-corrected chi connectivity index (χ4v) is 8.24. The predicted molar refractivity (Wildman–Crippen MR) is 240 cm³/mol. The highest BCUT2D eigenvalue weighted by atomic mass is 16.3. The zero-order valence-electron chi connectivity index (χ0n) is 35.0. The van der Waals surface area contributed by atoms with Crippen molar-refractivity contribution in [1.82, 2.24) is 9.13 Å². The first kappa shape index (κ1) is 38.9. The number of aromatic nitrogens is 2. The molecule has 0 spiro atoms. The van der Waals surface area contributed by atoms with Gasteiger partial charge in [-0.05, 0) is 108 Å². The number of hydrogen-bond donors (Lipinski definition) is 2. The summed E-state index contributed by atoms with van der Waals surface area (Å²) in [4.78, 5) is 9.87. The lowest BCUT2D eigenvalue weighted by Crippen LogP contribution is -2.10. The van der Waals surface area contributed by atoms with Crippen molar-refractivity contribution in [2.75, 3.05) is 0 Å². The van der Waals surface area contributed by atoms with Crippen LogP contribution >= 0.6 is 0 Å². The molecule has 0 radical (unpaired) electrons. The Hall–Kier alpha value is -5.36. The van der Waals surface area contributed by atoms with Gasteiger partial charge in [0.25, 0.3) is 0 Å². The fraction of sp³-hybridized carbons (Fsp3) is 0.360. The summed E-state index contributed by atoms with van der Waals surface area (Å²) in [6, 6.07) is 25.2. The van der Waals surface area contributed by atoms with E-state index >= 15 is 0 Å². The summed E-state index contributed by atoms with van der Waals surface area (Å²) in [5.41, 5.74) is 12.0. The molecule has 7 rings (SSSR count). The average molecular weight is 747 g/mol. The maximum Gasteiger partial charge on any atom is 0.125 e. The van der Waals surface area contributed by atoms with Gasteiger partial charge in [-0.25, -0.2) is 0 Å². The van der Waals surface area contributed by atoms with Crippen LogP contribution in [0.3, 0.4) is 0 Å². The van der Waals surface area contributed by atoms with Crippen molar-refractivity contribution in [3.63, 3.8) is 0 Å². The third kappa shape index (κ3) is 6.99. The molecule has 0 saturated carbocycles. The van der Waals surface area contributed by atoms with Gasteiger partial charge < -0.3 is 19.3 Å². The van der Waals surface area contributed by atoms with Crippen LogP contribution in [0.1, 0.15) is 114 Å². The zero-order chi connectivity index (χ0) is 40.1. The van der Waals surface area contributed by atoms with Gasteiger partial charge in [0.05, 0.1) is 22.4 Å². The summed E-state index contributed by atoms with van der Waals surface area (Å²) in [5.74, 6) is 0.412. The molecule has 0 atom stereocenters. The van der Waals surface area contributed by atoms with Crippen LogP contribution in [-0.4, -0.2) is 31.8 Å². The maximum atomic E-state index is 11.5. The highest BCUT2D eigenvalue weighted by Gasteiger charge is 2.22. The molecule has 0 saturated heterocycles. The van der Waals surface area contributed by atoms with Crippen LogP contribution in [0, 0.1) is 13.8 Å². The number of aliphatic imine (C=N–C) groups is 2. The zero-order valence-corrected chi connectivity index (χ0v) is 35.0. The Bertz CT molecular complexity index is 2490. The topological polar surface area (TPSA) is 75.0 Å². The van der Waals surface area contributed by atoms with Gasteiger partial charge in [-0.15, -0.1) is 0 Å². The van der Waals surface area contributed by atoms with Crippen LogP contribution in [0.25, 0.3) is 43.6 Å². The summed E-state index contributed by atoms with van der Waals surface area (Å²) in [7, 11) is 0.